The second kappa shape index (κ2) is 5.24. The van der Waals surface area contributed by atoms with Gasteiger partial charge < -0.3 is 10.0 Å². The lowest BCUT2D eigenvalue weighted by molar-refractivity contribution is -0.138. The number of amides is 1. The topological polar surface area (TPSA) is 57.6 Å². The van der Waals surface area contributed by atoms with Crippen LogP contribution in [-0.2, 0) is 9.59 Å². The molecule has 0 bridgehead atoms. The monoisotopic (exact) mass is 217 g/mol. The van der Waals surface area contributed by atoms with Crippen LogP contribution in [0.3, 0.4) is 0 Å². The molecule has 5 heteroatoms. The van der Waals surface area contributed by atoms with Gasteiger partial charge >= 0.3 is 5.97 Å². The molecule has 1 amide bonds. The van der Waals surface area contributed by atoms with Gasteiger partial charge in [-0.15, -0.1) is 0 Å². The summed E-state index contributed by atoms with van der Waals surface area (Å²) < 4.78 is 0. The summed E-state index contributed by atoms with van der Waals surface area (Å²) >= 11 is 1.48. The summed E-state index contributed by atoms with van der Waals surface area (Å²) in [7, 11) is 0. The SMILES string of the molecule is CSCC(=O)N(CCC(=O)O)C1CC1. The van der Waals surface area contributed by atoms with Crippen LogP contribution in [0.4, 0.5) is 0 Å². The molecule has 4 nitrogen and oxygen atoms in total. The van der Waals surface area contributed by atoms with Crippen LogP contribution >= 0.6 is 11.8 Å². The molecule has 0 aliphatic heterocycles. The molecule has 1 N–H and O–H groups in total. The molecule has 1 saturated carbocycles. The Morgan fingerprint density at radius 2 is 2.14 bits per heavy atom. The lowest BCUT2D eigenvalue weighted by atomic mass is 10.3. The summed E-state index contributed by atoms with van der Waals surface area (Å²) in [6.07, 6.45) is 3.98. The van der Waals surface area contributed by atoms with Gasteiger partial charge in [0.05, 0.1) is 12.2 Å². The minimum Gasteiger partial charge on any atom is -0.481 e. The van der Waals surface area contributed by atoms with Gasteiger partial charge in [0.1, 0.15) is 0 Å². The molecule has 0 aromatic heterocycles. The predicted octanol–water partition coefficient (Wildman–Crippen LogP) is 0.815. The number of rotatable bonds is 6. The molecule has 0 aromatic rings. The van der Waals surface area contributed by atoms with Crippen LogP contribution in [0, 0.1) is 0 Å². The highest BCUT2D eigenvalue weighted by atomic mass is 32.2. The molecular formula is C9H15NO3S. The number of nitrogens with zero attached hydrogens (tertiary/aromatic N) is 1. The Morgan fingerprint density at radius 3 is 2.57 bits per heavy atom. The second-order valence-corrected chi connectivity index (χ2v) is 4.26. The van der Waals surface area contributed by atoms with Crippen molar-refractivity contribution in [3.8, 4) is 0 Å². The van der Waals surface area contributed by atoms with Crippen LogP contribution in [0.1, 0.15) is 19.3 Å². The highest BCUT2D eigenvalue weighted by molar-refractivity contribution is 7.99. The van der Waals surface area contributed by atoms with Crippen molar-refractivity contribution in [1.29, 1.82) is 0 Å². The third kappa shape index (κ3) is 3.57. The summed E-state index contributed by atoms with van der Waals surface area (Å²) in [6, 6.07) is 0.314. The van der Waals surface area contributed by atoms with E-state index in [0.717, 1.165) is 12.8 Å². The van der Waals surface area contributed by atoms with Crippen molar-refractivity contribution in [1.82, 2.24) is 4.90 Å². The lowest BCUT2D eigenvalue weighted by Gasteiger charge is -2.20. The molecule has 1 aliphatic carbocycles. The van der Waals surface area contributed by atoms with Crippen molar-refractivity contribution in [2.24, 2.45) is 0 Å². The van der Waals surface area contributed by atoms with Gasteiger partial charge in [0.15, 0.2) is 0 Å². The molecular weight excluding hydrogens is 202 g/mol. The van der Waals surface area contributed by atoms with Gasteiger partial charge in [-0.05, 0) is 19.1 Å². The Kier molecular flexibility index (Phi) is 4.25. The van der Waals surface area contributed by atoms with Crippen LogP contribution in [0.5, 0.6) is 0 Å². The smallest absolute Gasteiger partial charge is 0.305 e. The Labute approximate surface area is 87.7 Å². The maximum Gasteiger partial charge on any atom is 0.305 e. The highest BCUT2D eigenvalue weighted by Crippen LogP contribution is 2.27. The number of aliphatic carboxylic acids is 1. The molecule has 0 spiro atoms. The van der Waals surface area contributed by atoms with Gasteiger partial charge in [-0.2, -0.15) is 11.8 Å². The van der Waals surface area contributed by atoms with Crippen molar-refractivity contribution in [2.75, 3.05) is 18.6 Å². The zero-order valence-electron chi connectivity index (χ0n) is 8.23. The van der Waals surface area contributed by atoms with Crippen molar-refractivity contribution in [2.45, 2.75) is 25.3 Å². The highest BCUT2D eigenvalue weighted by Gasteiger charge is 2.32. The van der Waals surface area contributed by atoms with Crippen LogP contribution < -0.4 is 0 Å². The minimum atomic E-state index is -0.840. The zero-order valence-corrected chi connectivity index (χ0v) is 9.05. The van der Waals surface area contributed by atoms with E-state index in [1.165, 1.54) is 11.8 Å². The van der Waals surface area contributed by atoms with Crippen molar-refractivity contribution < 1.29 is 14.7 Å². The summed E-state index contributed by atoms with van der Waals surface area (Å²) in [6.45, 7) is 0.361. The summed E-state index contributed by atoms with van der Waals surface area (Å²) in [5, 5.41) is 8.53. The summed E-state index contributed by atoms with van der Waals surface area (Å²) in [4.78, 5) is 23.6. The Bertz CT molecular complexity index is 228. The molecule has 1 aliphatic rings. The first kappa shape index (κ1) is 11.4. The maximum absolute atomic E-state index is 11.5. The van der Waals surface area contributed by atoms with E-state index in [-0.39, 0.29) is 12.3 Å². The number of thioether (sulfide) groups is 1. The predicted molar refractivity (Wildman–Crippen MR) is 55.4 cm³/mol. The Balaban J connectivity index is 2.38. The van der Waals surface area contributed by atoms with E-state index in [1.54, 1.807) is 4.90 Å². The number of hydrogen-bond donors (Lipinski definition) is 1. The van der Waals surface area contributed by atoms with Crippen LogP contribution in [0.2, 0.25) is 0 Å². The standard InChI is InChI=1S/C9H15NO3S/c1-14-6-8(11)10(7-2-3-7)5-4-9(12)13/h7H,2-6H2,1H3,(H,12,13). The first-order chi connectivity index (χ1) is 6.65. The van der Waals surface area contributed by atoms with Gasteiger partial charge in [-0.1, -0.05) is 0 Å². The van der Waals surface area contributed by atoms with E-state index < -0.39 is 5.97 Å². The van der Waals surface area contributed by atoms with Gasteiger partial charge in [0, 0.05) is 12.6 Å². The number of carbonyl (C=O) groups is 2. The third-order valence-corrected chi connectivity index (χ3v) is 2.68. The fourth-order valence-electron chi connectivity index (χ4n) is 1.32. The van der Waals surface area contributed by atoms with Gasteiger partial charge in [-0.3, -0.25) is 9.59 Å². The van der Waals surface area contributed by atoms with E-state index in [0.29, 0.717) is 18.3 Å². The quantitative estimate of drug-likeness (QED) is 0.715. The zero-order chi connectivity index (χ0) is 10.6. The van der Waals surface area contributed by atoms with Crippen molar-refractivity contribution >= 4 is 23.6 Å². The van der Waals surface area contributed by atoms with E-state index >= 15 is 0 Å². The van der Waals surface area contributed by atoms with Crippen LogP contribution in [0.25, 0.3) is 0 Å². The van der Waals surface area contributed by atoms with Crippen molar-refractivity contribution in [3.63, 3.8) is 0 Å². The van der Waals surface area contributed by atoms with Gasteiger partial charge in [-0.25, -0.2) is 0 Å². The fraction of sp³-hybridized carbons (Fsp3) is 0.778. The average molecular weight is 217 g/mol. The molecule has 80 valence electrons. The molecule has 0 saturated heterocycles. The number of hydrogen-bond acceptors (Lipinski definition) is 3. The minimum absolute atomic E-state index is 0.0522. The van der Waals surface area contributed by atoms with Crippen LogP contribution in [-0.4, -0.2) is 46.5 Å². The second-order valence-electron chi connectivity index (χ2n) is 3.40. The average Bonchev–Trinajstić information content (AvgIpc) is 2.88. The third-order valence-electron chi connectivity index (χ3n) is 2.14. The van der Waals surface area contributed by atoms with E-state index in [9.17, 15) is 9.59 Å². The van der Waals surface area contributed by atoms with E-state index in [1.807, 2.05) is 6.26 Å². The van der Waals surface area contributed by atoms with Crippen molar-refractivity contribution in [3.05, 3.63) is 0 Å². The van der Waals surface area contributed by atoms with Gasteiger partial charge in [0.2, 0.25) is 5.91 Å². The molecule has 0 unspecified atom stereocenters. The number of carboxylic acids is 1. The molecule has 1 rings (SSSR count). The van der Waals surface area contributed by atoms with Gasteiger partial charge in [0.25, 0.3) is 0 Å². The lowest BCUT2D eigenvalue weighted by Crippen LogP contribution is -2.36. The van der Waals surface area contributed by atoms with E-state index in [2.05, 4.69) is 0 Å². The normalized spacial score (nSPS) is 15.2. The molecule has 14 heavy (non-hydrogen) atoms. The molecule has 0 aromatic carbocycles. The summed E-state index contributed by atoms with van der Waals surface area (Å²) in [5.74, 6) is -0.315. The number of carbonyl (C=O) groups excluding carboxylic acids is 1. The van der Waals surface area contributed by atoms with E-state index in [4.69, 9.17) is 5.11 Å². The molecule has 0 atom stereocenters. The largest absolute Gasteiger partial charge is 0.481 e. The fourth-order valence-corrected chi connectivity index (χ4v) is 1.73. The molecule has 0 radical (unpaired) electrons. The first-order valence-electron chi connectivity index (χ1n) is 4.65. The first-order valence-corrected chi connectivity index (χ1v) is 6.04. The molecule has 0 heterocycles. The Morgan fingerprint density at radius 1 is 1.50 bits per heavy atom. The maximum atomic E-state index is 11.5. The Hall–Kier alpha value is -0.710. The molecule has 1 fully saturated rings. The van der Waals surface area contributed by atoms with Crippen LogP contribution in [0.15, 0.2) is 0 Å². The summed E-state index contributed by atoms with van der Waals surface area (Å²) in [5.41, 5.74) is 0. The number of carboxylic acid groups (broad SMARTS) is 1.